The van der Waals surface area contributed by atoms with Crippen LogP contribution in [0.3, 0.4) is 0 Å². The van der Waals surface area contributed by atoms with Gasteiger partial charge in [-0.15, -0.1) is 0 Å². The molecule has 8 rings (SSSR count). The maximum atomic E-state index is 11.0. The highest BCUT2D eigenvalue weighted by Crippen LogP contribution is 2.58. The van der Waals surface area contributed by atoms with Crippen molar-refractivity contribution in [1.82, 2.24) is 0 Å². The Labute approximate surface area is 250 Å². The molecule has 212 valence electrons. The topological polar surface area (TPSA) is 114 Å². The first-order valence-corrected chi connectivity index (χ1v) is 14.1. The molecule has 0 amide bonds. The molecule has 8 aromatic rings. The number of furan rings is 1. The molecule has 0 fully saturated rings. The minimum Gasteiger partial charge on any atom is -0.504 e. The summed E-state index contributed by atoms with van der Waals surface area (Å²) in [5.41, 5.74) is 5.60. The second-order valence-electron chi connectivity index (χ2n) is 10.8. The van der Waals surface area contributed by atoms with Gasteiger partial charge in [0.1, 0.15) is 11.2 Å². The fraction of sp³-hybridized carbons (Fsp3) is 0. The Morgan fingerprint density at radius 1 is 0.364 bits per heavy atom. The minimum absolute atomic E-state index is 0.185. The fourth-order valence-corrected chi connectivity index (χ4v) is 6.49. The zero-order chi connectivity index (χ0) is 30.1. The van der Waals surface area contributed by atoms with E-state index in [0.717, 1.165) is 55.0 Å². The summed E-state index contributed by atoms with van der Waals surface area (Å²) >= 11 is 0. The summed E-state index contributed by atoms with van der Waals surface area (Å²) in [6.45, 7) is 0. The van der Waals surface area contributed by atoms with Gasteiger partial charge in [0.15, 0.2) is 11.5 Å². The average Bonchev–Trinajstić information content (AvgIpc) is 3.46. The minimum atomic E-state index is -0.998. The molecule has 0 unspecified atom stereocenters. The summed E-state index contributed by atoms with van der Waals surface area (Å²) in [5, 5.41) is 57.9. The van der Waals surface area contributed by atoms with E-state index in [4.69, 9.17) is 4.42 Å². The van der Waals surface area contributed by atoms with Crippen molar-refractivity contribution < 1.29 is 29.9 Å². The van der Waals surface area contributed by atoms with E-state index < -0.39 is 28.7 Å². The summed E-state index contributed by atoms with van der Waals surface area (Å²) in [6, 6.07) is 37.4. The van der Waals surface area contributed by atoms with Gasteiger partial charge in [0.25, 0.3) is 0 Å². The summed E-state index contributed by atoms with van der Waals surface area (Å²) < 4.78 is 6.54. The number of hydrogen-bond donors (Lipinski definition) is 5. The molecule has 1 aromatic heterocycles. The fourth-order valence-electron chi connectivity index (χ4n) is 6.49. The van der Waals surface area contributed by atoms with Gasteiger partial charge < -0.3 is 29.9 Å². The molecule has 0 aliphatic carbocycles. The number of hydrogen-bond acceptors (Lipinski definition) is 6. The molecule has 0 atom stereocenters. The monoisotopic (exact) mass is 576 g/mol. The molecular formula is C38H24O6. The average molecular weight is 577 g/mol. The van der Waals surface area contributed by atoms with E-state index in [1.807, 2.05) is 84.9 Å². The molecule has 1 heterocycles. The van der Waals surface area contributed by atoms with Crippen molar-refractivity contribution in [2.24, 2.45) is 0 Å². The third-order valence-electron chi connectivity index (χ3n) is 8.43. The standard InChI is InChI=1S/C38H24O6/c39-33-32(34(40)36(42)37(43)35(33)41)30-24-14-6-4-12-22(24)29(23-13-5-7-15-25(23)30)27-19-18-21(20-10-2-1-3-11-20)38-31(27)26-16-8-9-17-28(26)44-38/h1-19,39-43H. The molecule has 0 saturated heterocycles. The molecule has 0 saturated carbocycles. The van der Waals surface area contributed by atoms with E-state index >= 15 is 0 Å². The Morgan fingerprint density at radius 2 is 0.818 bits per heavy atom. The lowest BCUT2D eigenvalue weighted by Gasteiger charge is -2.20. The van der Waals surface area contributed by atoms with Crippen LogP contribution in [0.25, 0.3) is 76.9 Å². The first-order chi connectivity index (χ1) is 21.5. The molecule has 44 heavy (non-hydrogen) atoms. The lowest BCUT2D eigenvalue weighted by atomic mass is 9.83. The van der Waals surface area contributed by atoms with Crippen molar-refractivity contribution in [1.29, 1.82) is 0 Å². The van der Waals surface area contributed by atoms with Crippen molar-refractivity contribution in [2.75, 3.05) is 0 Å². The summed E-state index contributed by atoms with van der Waals surface area (Å²) in [5.74, 6) is -4.32. The molecule has 0 aliphatic heterocycles. The Morgan fingerprint density at radius 3 is 1.41 bits per heavy atom. The van der Waals surface area contributed by atoms with Crippen LogP contribution in [0, 0.1) is 0 Å². The van der Waals surface area contributed by atoms with Crippen molar-refractivity contribution in [2.45, 2.75) is 0 Å². The van der Waals surface area contributed by atoms with Gasteiger partial charge in [0.05, 0.1) is 5.56 Å². The van der Waals surface area contributed by atoms with Gasteiger partial charge in [-0.25, -0.2) is 0 Å². The van der Waals surface area contributed by atoms with Gasteiger partial charge in [-0.05, 0) is 50.4 Å². The van der Waals surface area contributed by atoms with E-state index in [-0.39, 0.29) is 5.56 Å². The molecule has 0 bridgehead atoms. The second kappa shape index (κ2) is 9.44. The molecule has 0 aliphatic rings. The predicted molar refractivity (Wildman–Crippen MR) is 173 cm³/mol. The van der Waals surface area contributed by atoms with Gasteiger partial charge in [-0.3, -0.25) is 0 Å². The van der Waals surface area contributed by atoms with Crippen LogP contribution in [0.1, 0.15) is 0 Å². The Kier molecular flexibility index (Phi) is 5.48. The lowest BCUT2D eigenvalue weighted by molar-refractivity contribution is 0.330. The van der Waals surface area contributed by atoms with Gasteiger partial charge >= 0.3 is 0 Å². The Hall–Kier alpha value is -6.14. The SMILES string of the molecule is Oc1c(O)c(O)c(-c2c3ccccc3c(-c3ccc(-c4ccccc4)c4oc5ccccc5c34)c3ccccc23)c(O)c1O. The van der Waals surface area contributed by atoms with Crippen molar-refractivity contribution in [3.05, 3.63) is 115 Å². The van der Waals surface area contributed by atoms with Crippen LogP contribution in [0.2, 0.25) is 0 Å². The molecule has 5 N–H and O–H groups in total. The summed E-state index contributed by atoms with van der Waals surface area (Å²) in [6.07, 6.45) is 0. The Bertz CT molecular complexity index is 2350. The van der Waals surface area contributed by atoms with Crippen molar-refractivity contribution in [3.63, 3.8) is 0 Å². The molecule has 7 aromatic carbocycles. The van der Waals surface area contributed by atoms with E-state index in [2.05, 4.69) is 30.3 Å². The first kappa shape index (κ1) is 25.6. The van der Waals surface area contributed by atoms with Crippen LogP contribution in [0.5, 0.6) is 28.7 Å². The molecule has 6 nitrogen and oxygen atoms in total. The van der Waals surface area contributed by atoms with E-state index in [9.17, 15) is 25.5 Å². The number of benzene rings is 7. The van der Waals surface area contributed by atoms with Crippen LogP contribution < -0.4 is 0 Å². The highest BCUT2D eigenvalue weighted by atomic mass is 16.4. The highest BCUT2D eigenvalue weighted by molar-refractivity contribution is 6.27. The van der Waals surface area contributed by atoms with Crippen molar-refractivity contribution in [3.8, 4) is 62.1 Å². The number of fused-ring (bicyclic) bond motifs is 5. The number of aromatic hydroxyl groups is 5. The van der Waals surface area contributed by atoms with Gasteiger partial charge in [-0.1, -0.05) is 103 Å². The maximum Gasteiger partial charge on any atom is 0.208 e. The molecule has 6 heteroatoms. The molecule has 0 spiro atoms. The van der Waals surface area contributed by atoms with E-state index in [0.29, 0.717) is 16.3 Å². The van der Waals surface area contributed by atoms with Crippen LogP contribution in [0.15, 0.2) is 120 Å². The first-order valence-electron chi connectivity index (χ1n) is 14.1. The van der Waals surface area contributed by atoms with Crippen LogP contribution >= 0.6 is 0 Å². The van der Waals surface area contributed by atoms with Crippen molar-refractivity contribution >= 4 is 43.5 Å². The second-order valence-corrected chi connectivity index (χ2v) is 10.8. The summed E-state index contributed by atoms with van der Waals surface area (Å²) in [7, 11) is 0. The zero-order valence-corrected chi connectivity index (χ0v) is 23.1. The van der Waals surface area contributed by atoms with Gasteiger partial charge in [0.2, 0.25) is 17.2 Å². The van der Waals surface area contributed by atoms with Gasteiger partial charge in [-0.2, -0.15) is 0 Å². The third-order valence-corrected chi connectivity index (χ3v) is 8.43. The summed E-state index contributed by atoms with van der Waals surface area (Å²) in [4.78, 5) is 0. The van der Waals surface area contributed by atoms with E-state index in [1.165, 1.54) is 0 Å². The van der Waals surface area contributed by atoms with Crippen LogP contribution in [0.4, 0.5) is 0 Å². The number of rotatable bonds is 3. The third kappa shape index (κ3) is 3.48. The maximum absolute atomic E-state index is 11.0. The number of phenols is 5. The molecule has 0 radical (unpaired) electrons. The van der Waals surface area contributed by atoms with E-state index in [1.54, 1.807) is 0 Å². The lowest BCUT2D eigenvalue weighted by Crippen LogP contribution is -1.93. The quantitative estimate of drug-likeness (QED) is 0.0813. The predicted octanol–water partition coefficient (Wildman–Crippen LogP) is 9.42. The zero-order valence-electron chi connectivity index (χ0n) is 23.1. The van der Waals surface area contributed by atoms with Crippen LogP contribution in [-0.4, -0.2) is 25.5 Å². The smallest absolute Gasteiger partial charge is 0.208 e. The number of para-hydroxylation sites is 1. The highest BCUT2D eigenvalue weighted by Gasteiger charge is 2.28. The number of phenolic OH excluding ortho intramolecular Hbond substituents is 5. The Balaban J connectivity index is 1.56. The largest absolute Gasteiger partial charge is 0.504 e. The van der Waals surface area contributed by atoms with Gasteiger partial charge in [0, 0.05) is 21.9 Å². The normalized spacial score (nSPS) is 11.6. The molecular weight excluding hydrogens is 552 g/mol. The van der Waals surface area contributed by atoms with Crippen LogP contribution in [-0.2, 0) is 0 Å².